The molecule has 0 fully saturated rings. The molecule has 4 aromatic rings. The predicted molar refractivity (Wildman–Crippen MR) is 115 cm³/mol. The first-order chi connectivity index (χ1) is 14.6. The van der Waals surface area contributed by atoms with Gasteiger partial charge < -0.3 is 9.84 Å². The number of phenolic OH excluding ortho intramolecular Hbond substituents is 1. The molecule has 30 heavy (non-hydrogen) atoms. The number of hydrogen-bond donors (Lipinski definition) is 1. The summed E-state index contributed by atoms with van der Waals surface area (Å²) < 4.78 is 18.6. The number of aromatic hydroxyl groups is 1. The molecule has 148 valence electrons. The summed E-state index contributed by atoms with van der Waals surface area (Å²) in [6, 6.07) is 31.3. The van der Waals surface area contributed by atoms with Crippen LogP contribution in [0.15, 0.2) is 118 Å². The van der Waals surface area contributed by atoms with Crippen LogP contribution in [-0.2, 0) is 10.9 Å². The van der Waals surface area contributed by atoms with Gasteiger partial charge in [-0.05, 0) is 60.7 Å². The van der Waals surface area contributed by atoms with Crippen molar-refractivity contribution in [1.29, 1.82) is 0 Å². The highest BCUT2D eigenvalue weighted by atomic mass is 32.2. The maximum atomic E-state index is 13.5. The topological polar surface area (TPSA) is 46.5 Å². The van der Waals surface area contributed by atoms with E-state index in [4.69, 9.17) is 4.74 Å². The molecule has 0 atom stereocenters. The molecule has 0 heterocycles. The van der Waals surface area contributed by atoms with Gasteiger partial charge >= 0.3 is 5.97 Å². The van der Waals surface area contributed by atoms with Gasteiger partial charge in [-0.25, -0.2) is 9.18 Å². The summed E-state index contributed by atoms with van der Waals surface area (Å²) in [5.41, 5.74) is 0.312. The Morgan fingerprint density at radius 1 is 0.700 bits per heavy atom. The van der Waals surface area contributed by atoms with E-state index in [2.05, 4.69) is 24.3 Å². The minimum Gasteiger partial charge on any atom is -0.502 e. The average Bonchev–Trinajstić information content (AvgIpc) is 2.79. The van der Waals surface area contributed by atoms with Crippen LogP contribution in [0.4, 0.5) is 4.39 Å². The van der Waals surface area contributed by atoms with Crippen LogP contribution in [-0.4, -0.2) is 11.1 Å². The van der Waals surface area contributed by atoms with Gasteiger partial charge in [0.15, 0.2) is 32.0 Å². The average molecular weight is 417 g/mol. The number of ether oxygens (including phenoxy) is 1. The Balaban J connectivity index is 1.62. The highest BCUT2D eigenvalue weighted by molar-refractivity contribution is 7.97. The van der Waals surface area contributed by atoms with Crippen LogP contribution in [0, 0.1) is 5.82 Å². The van der Waals surface area contributed by atoms with Gasteiger partial charge in [-0.3, -0.25) is 0 Å². The summed E-state index contributed by atoms with van der Waals surface area (Å²) in [4.78, 5) is 15.8. The molecule has 0 aliphatic carbocycles. The maximum Gasteiger partial charge on any atom is 0.343 e. The molecular weight excluding hydrogens is 399 g/mol. The Bertz CT molecular complexity index is 1110. The molecule has 0 spiro atoms. The lowest BCUT2D eigenvalue weighted by Crippen LogP contribution is -2.10. The van der Waals surface area contributed by atoms with Crippen LogP contribution in [0.3, 0.4) is 0 Å². The lowest BCUT2D eigenvalue weighted by atomic mass is 10.2. The highest BCUT2D eigenvalue weighted by Gasteiger charge is 2.28. The van der Waals surface area contributed by atoms with E-state index in [1.807, 2.05) is 48.5 Å². The van der Waals surface area contributed by atoms with Crippen molar-refractivity contribution in [2.75, 3.05) is 0 Å². The summed E-state index contributed by atoms with van der Waals surface area (Å²) >= 11 is 0. The summed E-state index contributed by atoms with van der Waals surface area (Å²) in [5.74, 6) is -2.40. The largest absolute Gasteiger partial charge is 0.502 e. The van der Waals surface area contributed by atoms with Crippen molar-refractivity contribution in [2.45, 2.75) is 14.7 Å². The van der Waals surface area contributed by atoms with Gasteiger partial charge in [-0.1, -0.05) is 42.5 Å². The first-order valence-corrected chi connectivity index (χ1v) is 10.5. The molecule has 1 N–H and O–H groups in total. The van der Waals surface area contributed by atoms with Crippen LogP contribution >= 0.6 is 0 Å². The summed E-state index contributed by atoms with van der Waals surface area (Å²) in [6.45, 7) is 0. The van der Waals surface area contributed by atoms with Crippen LogP contribution in [0.2, 0.25) is 0 Å². The van der Waals surface area contributed by atoms with Crippen molar-refractivity contribution in [2.24, 2.45) is 0 Å². The molecule has 0 unspecified atom stereocenters. The Morgan fingerprint density at radius 3 is 1.80 bits per heavy atom. The van der Waals surface area contributed by atoms with Crippen molar-refractivity contribution < 1.29 is 19.0 Å². The smallest absolute Gasteiger partial charge is 0.343 e. The van der Waals surface area contributed by atoms with Gasteiger partial charge in [-0.15, -0.1) is 0 Å². The summed E-state index contributed by atoms with van der Waals surface area (Å²) in [5, 5.41) is 9.71. The third-order valence-electron chi connectivity index (χ3n) is 4.44. The minimum atomic E-state index is -0.842. The molecule has 0 saturated heterocycles. The van der Waals surface area contributed by atoms with Crippen LogP contribution in [0.5, 0.6) is 11.5 Å². The maximum absolute atomic E-state index is 13.5. The first-order valence-electron chi connectivity index (χ1n) is 9.27. The second kappa shape index (κ2) is 8.84. The van der Waals surface area contributed by atoms with Gasteiger partial charge in [0.2, 0.25) is 0 Å². The lowest BCUT2D eigenvalue weighted by molar-refractivity contribution is 0.0728. The fourth-order valence-electron chi connectivity index (χ4n) is 2.99. The number of phenols is 1. The molecule has 0 aromatic heterocycles. The van der Waals surface area contributed by atoms with E-state index < -0.39 is 17.5 Å². The third-order valence-corrected chi connectivity index (χ3v) is 6.67. The van der Waals surface area contributed by atoms with Crippen molar-refractivity contribution in [3.63, 3.8) is 0 Å². The molecule has 5 heteroatoms. The standard InChI is InChI=1S/C25H17FO3S/c26-22-12-7-13-23(24(22)27)29-25(28)18-14-16-21(17-15-18)30(19-8-3-1-4-9-19)20-10-5-2-6-11-20/h1-17H/p+1. The molecule has 0 saturated carbocycles. The van der Waals surface area contributed by atoms with E-state index in [1.165, 1.54) is 21.9 Å². The van der Waals surface area contributed by atoms with Gasteiger partial charge in [0.1, 0.15) is 0 Å². The van der Waals surface area contributed by atoms with Crippen molar-refractivity contribution in [1.82, 2.24) is 0 Å². The summed E-state index contributed by atoms with van der Waals surface area (Å²) in [6.07, 6.45) is 0. The molecule has 0 aliphatic rings. The fraction of sp³-hybridized carbons (Fsp3) is 0. The number of carbonyl (C=O) groups excluding carboxylic acids is 1. The van der Waals surface area contributed by atoms with Gasteiger partial charge in [0.05, 0.1) is 16.5 Å². The van der Waals surface area contributed by atoms with E-state index >= 15 is 0 Å². The molecule has 4 rings (SSSR count). The Morgan fingerprint density at radius 2 is 1.23 bits per heavy atom. The fourth-order valence-corrected chi connectivity index (χ4v) is 5.07. The van der Waals surface area contributed by atoms with Gasteiger partial charge in [-0.2, -0.15) is 0 Å². The Kier molecular flexibility index (Phi) is 5.82. The number of benzene rings is 4. The van der Waals surface area contributed by atoms with E-state index in [1.54, 1.807) is 12.1 Å². The zero-order valence-electron chi connectivity index (χ0n) is 15.9. The number of para-hydroxylation sites is 1. The molecule has 3 nitrogen and oxygen atoms in total. The van der Waals surface area contributed by atoms with E-state index in [9.17, 15) is 14.3 Å². The zero-order chi connectivity index (χ0) is 20.9. The Labute approximate surface area is 176 Å². The van der Waals surface area contributed by atoms with Gasteiger partial charge in [0.25, 0.3) is 0 Å². The molecule has 0 aliphatic heterocycles. The van der Waals surface area contributed by atoms with Crippen LogP contribution in [0.25, 0.3) is 0 Å². The van der Waals surface area contributed by atoms with Crippen LogP contribution < -0.4 is 4.74 Å². The molecular formula is C25H18FO3S+. The SMILES string of the molecule is O=C(Oc1cccc(F)c1O)c1ccc([S+](c2ccccc2)c2ccccc2)cc1. The van der Waals surface area contributed by atoms with Crippen molar-refractivity contribution >= 4 is 16.9 Å². The number of carbonyl (C=O) groups is 1. The van der Waals surface area contributed by atoms with E-state index in [-0.39, 0.29) is 16.6 Å². The van der Waals surface area contributed by atoms with Crippen molar-refractivity contribution in [3.05, 3.63) is 115 Å². The molecule has 0 amide bonds. The number of rotatable bonds is 5. The quantitative estimate of drug-likeness (QED) is 0.252. The normalized spacial score (nSPS) is 10.7. The minimum absolute atomic E-state index is 0.211. The predicted octanol–water partition coefficient (Wildman–Crippen LogP) is 5.85. The number of esters is 1. The van der Waals surface area contributed by atoms with Gasteiger partial charge in [0, 0.05) is 0 Å². The highest BCUT2D eigenvalue weighted by Crippen LogP contribution is 2.32. The second-order valence-electron chi connectivity index (χ2n) is 6.43. The molecule has 0 bridgehead atoms. The van der Waals surface area contributed by atoms with Crippen LogP contribution in [0.1, 0.15) is 10.4 Å². The monoisotopic (exact) mass is 417 g/mol. The Hall–Kier alpha value is -3.57. The van der Waals surface area contributed by atoms with E-state index in [0.717, 1.165) is 11.0 Å². The number of halogens is 1. The number of hydrogen-bond acceptors (Lipinski definition) is 3. The second-order valence-corrected chi connectivity index (χ2v) is 8.46. The van der Waals surface area contributed by atoms with E-state index in [0.29, 0.717) is 5.56 Å². The third kappa shape index (κ3) is 4.21. The lowest BCUT2D eigenvalue weighted by Gasteiger charge is -2.09. The molecule has 0 radical (unpaired) electrons. The zero-order valence-corrected chi connectivity index (χ0v) is 16.7. The van der Waals surface area contributed by atoms with Crippen molar-refractivity contribution in [3.8, 4) is 11.5 Å². The molecule has 4 aromatic carbocycles. The summed E-state index contributed by atoms with van der Waals surface area (Å²) in [7, 11) is -0.323. The first kappa shape index (κ1) is 19.7.